The lowest BCUT2D eigenvalue weighted by molar-refractivity contribution is 0.0696. The van der Waals surface area contributed by atoms with Gasteiger partial charge in [0.05, 0.1) is 11.3 Å². The lowest BCUT2D eigenvalue weighted by Crippen LogP contribution is -2.03. The van der Waals surface area contributed by atoms with Gasteiger partial charge in [-0.1, -0.05) is 12.1 Å². The van der Waals surface area contributed by atoms with Crippen molar-refractivity contribution in [3.05, 3.63) is 65.2 Å². The molecule has 0 saturated carbocycles. The fourth-order valence-electron chi connectivity index (χ4n) is 1.64. The van der Waals surface area contributed by atoms with Crippen molar-refractivity contribution in [3.8, 4) is 0 Å². The predicted octanol–water partition coefficient (Wildman–Crippen LogP) is 3.28. The number of carboxylic acids is 1. The first kappa shape index (κ1) is 13.0. The summed E-state index contributed by atoms with van der Waals surface area (Å²) in [5.41, 5.74) is 1.03. The highest BCUT2D eigenvalue weighted by molar-refractivity contribution is 5.87. The van der Waals surface area contributed by atoms with E-state index >= 15 is 0 Å². The van der Waals surface area contributed by atoms with Gasteiger partial charge < -0.3 is 10.4 Å². The van der Waals surface area contributed by atoms with E-state index in [1.165, 1.54) is 18.2 Å². The molecule has 0 saturated heterocycles. The average molecular weight is 263 g/mol. The van der Waals surface area contributed by atoms with E-state index in [0.29, 0.717) is 5.56 Å². The second-order valence-corrected chi connectivity index (χ2v) is 3.98. The van der Waals surface area contributed by atoms with Gasteiger partial charge in [-0.25, -0.2) is 13.6 Å². The SMILES string of the molecule is O=C(O)c1cccc(CNc2ccc(F)cc2F)c1. The Morgan fingerprint density at radius 1 is 1.16 bits per heavy atom. The van der Waals surface area contributed by atoms with Gasteiger partial charge in [0.15, 0.2) is 0 Å². The van der Waals surface area contributed by atoms with E-state index in [9.17, 15) is 13.6 Å². The number of benzene rings is 2. The molecule has 0 spiro atoms. The maximum absolute atomic E-state index is 13.4. The summed E-state index contributed by atoms with van der Waals surface area (Å²) in [4.78, 5) is 10.8. The first-order chi connectivity index (χ1) is 9.06. The zero-order valence-electron chi connectivity index (χ0n) is 9.86. The number of nitrogens with one attached hydrogen (secondary N) is 1. The Labute approximate surface area is 108 Å². The number of carboxylic acid groups (broad SMARTS) is 1. The first-order valence-corrected chi connectivity index (χ1v) is 5.57. The monoisotopic (exact) mass is 263 g/mol. The summed E-state index contributed by atoms with van der Waals surface area (Å²) in [5, 5.41) is 11.6. The Kier molecular flexibility index (Phi) is 3.75. The fourth-order valence-corrected chi connectivity index (χ4v) is 1.64. The van der Waals surface area contributed by atoms with Crippen LogP contribution in [0.2, 0.25) is 0 Å². The van der Waals surface area contributed by atoms with Crippen LogP contribution in [0.3, 0.4) is 0 Å². The molecule has 0 unspecified atom stereocenters. The third-order valence-electron chi connectivity index (χ3n) is 2.59. The molecule has 0 aliphatic carbocycles. The molecule has 0 amide bonds. The minimum atomic E-state index is -1.02. The molecule has 0 fully saturated rings. The predicted molar refractivity (Wildman–Crippen MR) is 67.1 cm³/mol. The van der Waals surface area contributed by atoms with Gasteiger partial charge in [0.25, 0.3) is 0 Å². The molecule has 2 aromatic rings. The molecule has 0 aliphatic heterocycles. The fraction of sp³-hybridized carbons (Fsp3) is 0.0714. The Hall–Kier alpha value is -2.43. The molecule has 3 nitrogen and oxygen atoms in total. The van der Waals surface area contributed by atoms with Gasteiger partial charge in [0.2, 0.25) is 0 Å². The normalized spacial score (nSPS) is 10.2. The van der Waals surface area contributed by atoms with Crippen molar-refractivity contribution in [2.24, 2.45) is 0 Å². The molecule has 0 bridgehead atoms. The van der Waals surface area contributed by atoms with Crippen LogP contribution in [0.1, 0.15) is 15.9 Å². The highest BCUT2D eigenvalue weighted by atomic mass is 19.1. The van der Waals surface area contributed by atoms with Crippen LogP contribution in [0.15, 0.2) is 42.5 Å². The van der Waals surface area contributed by atoms with Gasteiger partial charge >= 0.3 is 5.97 Å². The molecule has 98 valence electrons. The minimum absolute atomic E-state index is 0.166. The van der Waals surface area contributed by atoms with Gasteiger partial charge in [-0.15, -0.1) is 0 Å². The number of rotatable bonds is 4. The van der Waals surface area contributed by atoms with E-state index in [1.54, 1.807) is 12.1 Å². The summed E-state index contributed by atoms with van der Waals surface area (Å²) >= 11 is 0. The second-order valence-electron chi connectivity index (χ2n) is 3.98. The molecular weight excluding hydrogens is 252 g/mol. The van der Waals surface area contributed by atoms with Gasteiger partial charge in [0, 0.05) is 12.6 Å². The van der Waals surface area contributed by atoms with Gasteiger partial charge in [-0.3, -0.25) is 0 Å². The van der Waals surface area contributed by atoms with Gasteiger partial charge in [0.1, 0.15) is 11.6 Å². The Balaban J connectivity index is 2.10. The average Bonchev–Trinajstić information content (AvgIpc) is 2.38. The van der Waals surface area contributed by atoms with Crippen LogP contribution in [0, 0.1) is 11.6 Å². The molecule has 0 aromatic heterocycles. The molecule has 2 rings (SSSR count). The van der Waals surface area contributed by atoms with Crippen molar-refractivity contribution in [1.82, 2.24) is 0 Å². The van der Waals surface area contributed by atoms with Crippen LogP contribution in [0.25, 0.3) is 0 Å². The van der Waals surface area contributed by atoms with Crippen molar-refractivity contribution in [2.75, 3.05) is 5.32 Å². The van der Waals surface area contributed by atoms with E-state index in [2.05, 4.69) is 5.32 Å². The topological polar surface area (TPSA) is 49.3 Å². The van der Waals surface area contributed by atoms with Crippen LogP contribution in [0.4, 0.5) is 14.5 Å². The molecule has 19 heavy (non-hydrogen) atoms. The number of halogens is 2. The highest BCUT2D eigenvalue weighted by Crippen LogP contribution is 2.16. The van der Waals surface area contributed by atoms with Crippen molar-refractivity contribution in [1.29, 1.82) is 0 Å². The van der Waals surface area contributed by atoms with Gasteiger partial charge in [-0.05, 0) is 29.8 Å². The standard InChI is InChI=1S/C14H11F2NO2/c15-11-4-5-13(12(16)7-11)17-8-9-2-1-3-10(6-9)14(18)19/h1-7,17H,8H2,(H,18,19). The largest absolute Gasteiger partial charge is 0.478 e. The molecule has 2 aromatic carbocycles. The molecule has 0 radical (unpaired) electrons. The van der Waals surface area contributed by atoms with Gasteiger partial charge in [-0.2, -0.15) is 0 Å². The third kappa shape index (κ3) is 3.28. The van der Waals surface area contributed by atoms with E-state index < -0.39 is 17.6 Å². The smallest absolute Gasteiger partial charge is 0.335 e. The van der Waals surface area contributed by atoms with E-state index in [1.807, 2.05) is 0 Å². The number of hydrogen-bond acceptors (Lipinski definition) is 2. The number of hydrogen-bond donors (Lipinski definition) is 2. The van der Waals surface area contributed by atoms with E-state index in [4.69, 9.17) is 5.11 Å². The third-order valence-corrected chi connectivity index (χ3v) is 2.59. The lowest BCUT2D eigenvalue weighted by atomic mass is 10.1. The van der Waals surface area contributed by atoms with E-state index in [0.717, 1.165) is 12.1 Å². The number of carbonyl (C=O) groups is 1. The molecule has 0 heterocycles. The van der Waals surface area contributed by atoms with Crippen molar-refractivity contribution in [3.63, 3.8) is 0 Å². The van der Waals surface area contributed by atoms with Crippen LogP contribution >= 0.6 is 0 Å². The lowest BCUT2D eigenvalue weighted by Gasteiger charge is -2.08. The van der Waals surface area contributed by atoms with Crippen LogP contribution in [-0.2, 0) is 6.54 Å². The molecular formula is C14H11F2NO2. The first-order valence-electron chi connectivity index (χ1n) is 5.57. The van der Waals surface area contributed by atoms with Crippen molar-refractivity contribution in [2.45, 2.75) is 6.54 Å². The highest BCUT2D eigenvalue weighted by Gasteiger charge is 2.05. The summed E-state index contributed by atoms with van der Waals surface area (Å²) in [7, 11) is 0. The van der Waals surface area contributed by atoms with Crippen molar-refractivity contribution < 1.29 is 18.7 Å². The summed E-state index contributed by atoms with van der Waals surface area (Å²) in [5.74, 6) is -2.35. The van der Waals surface area contributed by atoms with Crippen LogP contribution in [-0.4, -0.2) is 11.1 Å². The van der Waals surface area contributed by atoms with E-state index in [-0.39, 0.29) is 17.8 Å². The summed E-state index contributed by atoms with van der Waals surface area (Å²) < 4.78 is 26.1. The summed E-state index contributed by atoms with van der Waals surface area (Å²) in [6.45, 7) is 0.254. The quantitative estimate of drug-likeness (QED) is 0.890. The Morgan fingerprint density at radius 2 is 1.95 bits per heavy atom. The molecule has 2 N–H and O–H groups in total. The maximum atomic E-state index is 13.4. The Bertz CT molecular complexity index is 614. The number of anilines is 1. The molecule has 0 atom stereocenters. The Morgan fingerprint density at radius 3 is 2.63 bits per heavy atom. The van der Waals surface area contributed by atoms with Crippen LogP contribution < -0.4 is 5.32 Å². The molecule has 0 aliphatic rings. The zero-order valence-corrected chi connectivity index (χ0v) is 9.86. The van der Waals surface area contributed by atoms with Crippen LogP contribution in [0.5, 0.6) is 0 Å². The summed E-state index contributed by atoms with van der Waals surface area (Å²) in [6.07, 6.45) is 0. The minimum Gasteiger partial charge on any atom is -0.478 e. The molecule has 5 heteroatoms. The zero-order chi connectivity index (χ0) is 13.8. The summed E-state index contributed by atoms with van der Waals surface area (Å²) in [6, 6.07) is 9.55. The maximum Gasteiger partial charge on any atom is 0.335 e. The van der Waals surface area contributed by atoms with Crippen molar-refractivity contribution >= 4 is 11.7 Å². The second kappa shape index (κ2) is 5.48. The number of aromatic carboxylic acids is 1.